The van der Waals surface area contributed by atoms with Crippen LogP contribution >= 0.6 is 0 Å². The standard InChI is InChI=1S/C13H28.C2H6/c1-7-12(9-11(3)4)10-13(5,6)8-2;1-2/h11-12H,7-10H2,1-6H3;1-2H3. The van der Waals surface area contributed by atoms with Crippen molar-refractivity contribution in [2.45, 2.75) is 81.1 Å². The highest BCUT2D eigenvalue weighted by Gasteiger charge is 2.20. The highest BCUT2D eigenvalue weighted by molar-refractivity contribution is 4.72. The maximum Gasteiger partial charge on any atom is -0.0354 e. The van der Waals surface area contributed by atoms with Gasteiger partial charge in [0.15, 0.2) is 0 Å². The third-order valence-electron chi connectivity index (χ3n) is 3.18. The molecule has 0 aromatic carbocycles. The molecule has 0 aliphatic rings. The average Bonchev–Trinajstić information content (AvgIpc) is 2.19. The second-order valence-corrected chi connectivity index (χ2v) is 5.63. The van der Waals surface area contributed by atoms with Crippen LogP contribution in [0.3, 0.4) is 0 Å². The predicted octanol–water partition coefficient (Wildman–Crippen LogP) is 5.91. The van der Waals surface area contributed by atoms with E-state index in [0.29, 0.717) is 5.41 Å². The maximum atomic E-state index is 2.40. The van der Waals surface area contributed by atoms with Gasteiger partial charge in [0, 0.05) is 0 Å². The molecular weight excluding hydrogens is 180 g/mol. The Morgan fingerprint density at radius 3 is 1.73 bits per heavy atom. The summed E-state index contributed by atoms with van der Waals surface area (Å²) in [5.74, 6) is 1.80. The molecule has 0 radical (unpaired) electrons. The summed E-state index contributed by atoms with van der Waals surface area (Å²) in [7, 11) is 0. The minimum absolute atomic E-state index is 0.551. The lowest BCUT2D eigenvalue weighted by atomic mass is 9.77. The van der Waals surface area contributed by atoms with Crippen molar-refractivity contribution in [2.75, 3.05) is 0 Å². The van der Waals surface area contributed by atoms with Crippen molar-refractivity contribution in [3.05, 3.63) is 0 Å². The topological polar surface area (TPSA) is 0 Å². The fourth-order valence-electron chi connectivity index (χ4n) is 1.99. The van der Waals surface area contributed by atoms with E-state index in [0.717, 1.165) is 11.8 Å². The Labute approximate surface area is 98.9 Å². The summed E-state index contributed by atoms with van der Waals surface area (Å²) < 4.78 is 0. The first-order valence-corrected chi connectivity index (χ1v) is 6.91. The second-order valence-electron chi connectivity index (χ2n) is 5.63. The van der Waals surface area contributed by atoms with E-state index in [1.54, 1.807) is 0 Å². The lowest BCUT2D eigenvalue weighted by Gasteiger charge is -2.29. The molecule has 0 heterocycles. The summed E-state index contributed by atoms with van der Waals surface area (Å²) in [6.45, 7) is 18.1. The Morgan fingerprint density at radius 2 is 1.47 bits per heavy atom. The molecule has 0 amide bonds. The molecule has 0 aliphatic carbocycles. The van der Waals surface area contributed by atoms with Crippen LogP contribution in [0.2, 0.25) is 0 Å². The highest BCUT2D eigenvalue weighted by Crippen LogP contribution is 2.33. The monoisotopic (exact) mass is 214 g/mol. The minimum Gasteiger partial charge on any atom is -0.0683 e. The van der Waals surface area contributed by atoms with Crippen molar-refractivity contribution in [1.82, 2.24) is 0 Å². The first-order valence-electron chi connectivity index (χ1n) is 6.91. The lowest BCUT2D eigenvalue weighted by Crippen LogP contribution is -2.17. The summed E-state index contributed by atoms with van der Waals surface area (Å²) in [5, 5.41) is 0. The van der Waals surface area contributed by atoms with E-state index in [-0.39, 0.29) is 0 Å². The summed E-state index contributed by atoms with van der Waals surface area (Å²) in [6, 6.07) is 0. The molecule has 94 valence electrons. The van der Waals surface area contributed by atoms with Crippen LogP contribution < -0.4 is 0 Å². The highest BCUT2D eigenvalue weighted by atomic mass is 14.3. The molecule has 0 heteroatoms. The van der Waals surface area contributed by atoms with E-state index in [4.69, 9.17) is 0 Å². The van der Waals surface area contributed by atoms with Gasteiger partial charge in [-0.2, -0.15) is 0 Å². The normalized spacial score (nSPS) is 13.4. The Bertz CT molecular complexity index is 122. The molecule has 0 aromatic heterocycles. The summed E-state index contributed by atoms with van der Waals surface area (Å²) >= 11 is 0. The van der Waals surface area contributed by atoms with Gasteiger partial charge in [-0.15, -0.1) is 0 Å². The van der Waals surface area contributed by atoms with Crippen LogP contribution in [0.15, 0.2) is 0 Å². The van der Waals surface area contributed by atoms with Gasteiger partial charge in [0.1, 0.15) is 0 Å². The van der Waals surface area contributed by atoms with E-state index < -0.39 is 0 Å². The molecule has 0 nitrogen and oxygen atoms in total. The maximum absolute atomic E-state index is 2.40. The third-order valence-corrected chi connectivity index (χ3v) is 3.18. The lowest BCUT2D eigenvalue weighted by molar-refractivity contribution is 0.229. The van der Waals surface area contributed by atoms with E-state index in [9.17, 15) is 0 Å². The second kappa shape index (κ2) is 9.24. The van der Waals surface area contributed by atoms with Crippen LogP contribution in [0.5, 0.6) is 0 Å². The molecule has 0 saturated heterocycles. The van der Waals surface area contributed by atoms with E-state index in [1.165, 1.54) is 25.7 Å². The minimum atomic E-state index is 0.551. The fraction of sp³-hybridized carbons (Fsp3) is 1.00. The quantitative estimate of drug-likeness (QED) is 0.515. The van der Waals surface area contributed by atoms with E-state index in [1.807, 2.05) is 13.8 Å². The Hall–Kier alpha value is 0. The van der Waals surface area contributed by atoms with Gasteiger partial charge in [0.25, 0.3) is 0 Å². The van der Waals surface area contributed by atoms with Crippen LogP contribution in [0, 0.1) is 17.3 Å². The smallest absolute Gasteiger partial charge is 0.0354 e. The molecule has 1 unspecified atom stereocenters. The van der Waals surface area contributed by atoms with Crippen LogP contribution in [-0.4, -0.2) is 0 Å². The fourth-order valence-corrected chi connectivity index (χ4v) is 1.99. The van der Waals surface area contributed by atoms with E-state index >= 15 is 0 Å². The summed E-state index contributed by atoms with van der Waals surface area (Å²) in [6.07, 6.45) is 5.46. The Morgan fingerprint density at radius 1 is 1.00 bits per heavy atom. The molecule has 15 heavy (non-hydrogen) atoms. The zero-order valence-electron chi connectivity index (χ0n) is 12.5. The molecule has 1 atom stereocenters. The van der Waals surface area contributed by atoms with Crippen molar-refractivity contribution in [3.63, 3.8) is 0 Å². The van der Waals surface area contributed by atoms with Gasteiger partial charge < -0.3 is 0 Å². The number of hydrogen-bond acceptors (Lipinski definition) is 0. The Kier molecular flexibility index (Phi) is 10.7. The molecule has 0 aromatic rings. The molecule has 0 spiro atoms. The van der Waals surface area contributed by atoms with Crippen LogP contribution in [0.25, 0.3) is 0 Å². The van der Waals surface area contributed by atoms with Crippen LogP contribution in [-0.2, 0) is 0 Å². The van der Waals surface area contributed by atoms with Gasteiger partial charge in [0.05, 0.1) is 0 Å². The van der Waals surface area contributed by atoms with Gasteiger partial charge in [-0.1, -0.05) is 68.2 Å². The molecular formula is C15H34. The zero-order valence-corrected chi connectivity index (χ0v) is 12.5. The van der Waals surface area contributed by atoms with E-state index in [2.05, 4.69) is 41.5 Å². The zero-order chi connectivity index (χ0) is 12.5. The van der Waals surface area contributed by atoms with Gasteiger partial charge in [-0.05, 0) is 30.1 Å². The molecule has 0 fully saturated rings. The van der Waals surface area contributed by atoms with Gasteiger partial charge >= 0.3 is 0 Å². The van der Waals surface area contributed by atoms with Crippen LogP contribution in [0.4, 0.5) is 0 Å². The first-order chi connectivity index (χ1) is 6.91. The molecule has 0 N–H and O–H groups in total. The van der Waals surface area contributed by atoms with Gasteiger partial charge in [0.2, 0.25) is 0 Å². The summed E-state index contributed by atoms with van der Waals surface area (Å²) in [4.78, 5) is 0. The molecule has 0 bridgehead atoms. The van der Waals surface area contributed by atoms with Crippen molar-refractivity contribution in [1.29, 1.82) is 0 Å². The molecule has 0 aliphatic heterocycles. The number of rotatable bonds is 6. The SMILES string of the molecule is CC.CCC(CC(C)C)CC(C)(C)CC. The summed E-state index contributed by atoms with van der Waals surface area (Å²) in [5.41, 5.74) is 0.551. The van der Waals surface area contributed by atoms with Crippen LogP contribution in [0.1, 0.15) is 81.1 Å². The van der Waals surface area contributed by atoms with Crippen molar-refractivity contribution in [2.24, 2.45) is 17.3 Å². The van der Waals surface area contributed by atoms with Crippen molar-refractivity contribution >= 4 is 0 Å². The van der Waals surface area contributed by atoms with Gasteiger partial charge in [-0.25, -0.2) is 0 Å². The van der Waals surface area contributed by atoms with Crippen molar-refractivity contribution in [3.8, 4) is 0 Å². The first kappa shape index (κ1) is 17.4. The third kappa shape index (κ3) is 10.3. The number of hydrogen-bond donors (Lipinski definition) is 0. The van der Waals surface area contributed by atoms with Gasteiger partial charge in [-0.3, -0.25) is 0 Å². The largest absolute Gasteiger partial charge is 0.0683 e. The Balaban J connectivity index is 0. The molecule has 0 saturated carbocycles. The predicted molar refractivity (Wildman–Crippen MR) is 73.3 cm³/mol. The average molecular weight is 214 g/mol. The molecule has 0 rings (SSSR count). The van der Waals surface area contributed by atoms with Crippen molar-refractivity contribution < 1.29 is 0 Å².